The van der Waals surface area contributed by atoms with Crippen LogP contribution in [0.15, 0.2) is 18.3 Å². The maximum Gasteiger partial charge on any atom is 0.161 e. The number of hydrogen-bond acceptors (Lipinski definition) is 4. The second-order valence-corrected chi connectivity index (χ2v) is 4.82. The summed E-state index contributed by atoms with van der Waals surface area (Å²) in [7, 11) is 0. The lowest BCUT2D eigenvalue weighted by Gasteiger charge is -2.32. The molecule has 2 unspecified atom stereocenters. The van der Waals surface area contributed by atoms with Crippen molar-refractivity contribution in [3.63, 3.8) is 0 Å². The Kier molecular flexibility index (Phi) is 2.59. The molecule has 0 aliphatic carbocycles. The first-order valence-corrected chi connectivity index (χ1v) is 6.10. The summed E-state index contributed by atoms with van der Waals surface area (Å²) >= 11 is 0. The summed E-state index contributed by atoms with van der Waals surface area (Å²) in [6.45, 7) is 3.40. The van der Waals surface area contributed by atoms with Gasteiger partial charge >= 0.3 is 0 Å². The number of aromatic nitrogens is 1. The zero-order valence-corrected chi connectivity index (χ0v) is 9.93. The molecular weight excluding hydrogens is 216 g/mol. The molecule has 4 heteroatoms. The van der Waals surface area contributed by atoms with E-state index in [4.69, 9.17) is 4.74 Å². The van der Waals surface area contributed by atoms with Crippen LogP contribution in [-0.4, -0.2) is 36.1 Å². The SMILES string of the molecule is CC(=O)c1ccc(N2CC3CCC(C2)O3)nc1. The maximum absolute atomic E-state index is 11.2. The third-order valence-corrected chi connectivity index (χ3v) is 3.52. The Morgan fingerprint density at radius 2 is 2.06 bits per heavy atom. The minimum absolute atomic E-state index is 0.0612. The molecule has 90 valence electrons. The highest BCUT2D eigenvalue weighted by Crippen LogP contribution is 2.28. The quantitative estimate of drug-likeness (QED) is 0.727. The van der Waals surface area contributed by atoms with Gasteiger partial charge in [0.2, 0.25) is 0 Å². The van der Waals surface area contributed by atoms with Gasteiger partial charge in [-0.05, 0) is 31.9 Å². The monoisotopic (exact) mass is 232 g/mol. The van der Waals surface area contributed by atoms with Gasteiger partial charge < -0.3 is 9.64 Å². The van der Waals surface area contributed by atoms with Crippen molar-refractivity contribution in [2.24, 2.45) is 0 Å². The zero-order valence-electron chi connectivity index (χ0n) is 9.93. The van der Waals surface area contributed by atoms with E-state index >= 15 is 0 Å². The summed E-state index contributed by atoms with van der Waals surface area (Å²) in [4.78, 5) is 17.8. The third kappa shape index (κ3) is 2.05. The number of carbonyl (C=O) groups excluding carboxylic acids is 1. The zero-order chi connectivity index (χ0) is 11.8. The van der Waals surface area contributed by atoms with Gasteiger partial charge in [-0.1, -0.05) is 0 Å². The first-order valence-electron chi connectivity index (χ1n) is 6.10. The van der Waals surface area contributed by atoms with E-state index < -0.39 is 0 Å². The van der Waals surface area contributed by atoms with Crippen LogP contribution in [0.3, 0.4) is 0 Å². The average molecular weight is 232 g/mol. The third-order valence-electron chi connectivity index (χ3n) is 3.52. The van der Waals surface area contributed by atoms with Crippen molar-refractivity contribution in [1.29, 1.82) is 0 Å². The van der Waals surface area contributed by atoms with Crippen LogP contribution in [0, 0.1) is 0 Å². The van der Waals surface area contributed by atoms with Crippen LogP contribution < -0.4 is 4.90 Å². The number of pyridine rings is 1. The highest BCUT2D eigenvalue weighted by atomic mass is 16.5. The van der Waals surface area contributed by atoms with Crippen LogP contribution in [-0.2, 0) is 4.74 Å². The molecule has 1 aromatic rings. The summed E-state index contributed by atoms with van der Waals surface area (Å²) in [6.07, 6.45) is 4.71. The van der Waals surface area contributed by atoms with Crippen molar-refractivity contribution < 1.29 is 9.53 Å². The maximum atomic E-state index is 11.2. The number of anilines is 1. The summed E-state index contributed by atoms with van der Waals surface area (Å²) in [5.41, 5.74) is 0.671. The Morgan fingerprint density at radius 3 is 2.59 bits per heavy atom. The van der Waals surface area contributed by atoms with Gasteiger partial charge in [-0.2, -0.15) is 0 Å². The topological polar surface area (TPSA) is 42.4 Å². The van der Waals surface area contributed by atoms with Gasteiger partial charge in [0.1, 0.15) is 5.82 Å². The van der Waals surface area contributed by atoms with Gasteiger partial charge in [0, 0.05) is 24.8 Å². The van der Waals surface area contributed by atoms with Crippen LogP contribution in [0.1, 0.15) is 30.1 Å². The highest BCUT2D eigenvalue weighted by Gasteiger charge is 2.34. The Morgan fingerprint density at radius 1 is 1.35 bits per heavy atom. The Bertz CT molecular complexity index is 418. The Labute approximate surface area is 101 Å². The molecule has 0 aromatic carbocycles. The van der Waals surface area contributed by atoms with E-state index in [9.17, 15) is 4.79 Å². The Balaban J connectivity index is 1.78. The van der Waals surface area contributed by atoms with Gasteiger partial charge in [0.15, 0.2) is 5.78 Å². The second kappa shape index (κ2) is 4.11. The number of Topliss-reactive ketones (excluding diaryl/α,β-unsaturated/α-hetero) is 1. The molecule has 3 rings (SSSR count). The van der Waals surface area contributed by atoms with Gasteiger partial charge in [0.05, 0.1) is 12.2 Å². The number of carbonyl (C=O) groups is 1. The Hall–Kier alpha value is -1.42. The highest BCUT2D eigenvalue weighted by molar-refractivity contribution is 5.93. The van der Waals surface area contributed by atoms with Crippen LogP contribution in [0.2, 0.25) is 0 Å². The number of hydrogen-bond donors (Lipinski definition) is 0. The van der Waals surface area contributed by atoms with E-state index in [1.807, 2.05) is 12.1 Å². The predicted octanol–water partition coefficient (Wildman–Crippen LogP) is 1.65. The van der Waals surface area contributed by atoms with Gasteiger partial charge in [0.25, 0.3) is 0 Å². The molecule has 0 spiro atoms. The summed E-state index contributed by atoms with van der Waals surface area (Å²) in [6, 6.07) is 3.78. The normalized spacial score (nSPS) is 27.2. The van der Waals surface area contributed by atoms with Gasteiger partial charge in [-0.25, -0.2) is 4.98 Å². The van der Waals surface area contributed by atoms with E-state index in [0.717, 1.165) is 31.7 Å². The van der Waals surface area contributed by atoms with Crippen molar-refractivity contribution in [3.8, 4) is 0 Å². The first-order chi connectivity index (χ1) is 8.22. The molecule has 2 fully saturated rings. The molecule has 2 bridgehead atoms. The molecule has 1 aromatic heterocycles. The molecule has 2 saturated heterocycles. The fourth-order valence-corrected chi connectivity index (χ4v) is 2.58. The molecule has 2 aliphatic rings. The molecular formula is C13H16N2O2. The lowest BCUT2D eigenvalue weighted by Crippen LogP contribution is -2.43. The van der Waals surface area contributed by atoms with E-state index in [0.29, 0.717) is 17.8 Å². The average Bonchev–Trinajstić information content (AvgIpc) is 2.68. The number of rotatable bonds is 2. The number of ketones is 1. The number of morpholine rings is 1. The standard InChI is InChI=1S/C13H16N2O2/c1-9(16)10-2-5-13(14-6-10)15-7-11-3-4-12(8-15)17-11/h2,5-6,11-12H,3-4,7-8H2,1H3. The lowest BCUT2D eigenvalue weighted by molar-refractivity contribution is 0.0302. The fourth-order valence-electron chi connectivity index (χ4n) is 2.58. The van der Waals surface area contributed by atoms with Gasteiger partial charge in [-0.3, -0.25) is 4.79 Å². The van der Waals surface area contributed by atoms with Crippen molar-refractivity contribution in [2.75, 3.05) is 18.0 Å². The number of ether oxygens (including phenoxy) is 1. The van der Waals surface area contributed by atoms with Crippen LogP contribution in [0.25, 0.3) is 0 Å². The van der Waals surface area contributed by atoms with Crippen LogP contribution in [0.5, 0.6) is 0 Å². The van der Waals surface area contributed by atoms with Gasteiger partial charge in [-0.15, -0.1) is 0 Å². The van der Waals surface area contributed by atoms with Crippen molar-refractivity contribution in [2.45, 2.75) is 32.0 Å². The molecule has 2 aliphatic heterocycles. The van der Waals surface area contributed by atoms with E-state index in [2.05, 4.69) is 9.88 Å². The molecule has 0 radical (unpaired) electrons. The predicted molar refractivity (Wildman–Crippen MR) is 64.3 cm³/mol. The fraction of sp³-hybridized carbons (Fsp3) is 0.538. The van der Waals surface area contributed by atoms with E-state index in [-0.39, 0.29) is 5.78 Å². The smallest absolute Gasteiger partial charge is 0.161 e. The molecule has 0 amide bonds. The van der Waals surface area contributed by atoms with Crippen molar-refractivity contribution >= 4 is 11.6 Å². The minimum Gasteiger partial charge on any atom is -0.371 e. The molecule has 3 heterocycles. The van der Waals surface area contributed by atoms with Crippen molar-refractivity contribution in [3.05, 3.63) is 23.9 Å². The minimum atomic E-state index is 0.0612. The van der Waals surface area contributed by atoms with Crippen LogP contribution >= 0.6 is 0 Å². The molecule has 0 N–H and O–H groups in total. The molecule has 4 nitrogen and oxygen atoms in total. The van der Waals surface area contributed by atoms with Crippen molar-refractivity contribution in [1.82, 2.24) is 4.98 Å². The first kappa shape index (κ1) is 10.7. The van der Waals surface area contributed by atoms with E-state index in [1.165, 1.54) is 0 Å². The summed E-state index contributed by atoms with van der Waals surface area (Å²) in [5, 5.41) is 0. The second-order valence-electron chi connectivity index (χ2n) is 4.82. The number of nitrogens with zero attached hydrogens (tertiary/aromatic N) is 2. The molecule has 17 heavy (non-hydrogen) atoms. The van der Waals surface area contributed by atoms with Crippen LogP contribution in [0.4, 0.5) is 5.82 Å². The summed E-state index contributed by atoms with van der Waals surface area (Å²) in [5.74, 6) is 1.02. The largest absolute Gasteiger partial charge is 0.371 e. The lowest BCUT2D eigenvalue weighted by atomic mass is 10.2. The molecule has 2 atom stereocenters. The number of fused-ring (bicyclic) bond motifs is 2. The molecule has 0 saturated carbocycles. The summed E-state index contributed by atoms with van der Waals surface area (Å²) < 4.78 is 5.79. The van der Waals surface area contributed by atoms with E-state index in [1.54, 1.807) is 13.1 Å².